The predicted molar refractivity (Wildman–Crippen MR) is 152 cm³/mol. The van der Waals surface area contributed by atoms with E-state index in [0.717, 1.165) is 35.3 Å². The fourth-order valence-corrected chi connectivity index (χ4v) is 6.83. The normalized spacial score (nSPS) is 21.5. The number of nitrogens with zero attached hydrogens (tertiary/aromatic N) is 2. The molecule has 12 heteroatoms. The molecule has 2 atom stereocenters. The fourth-order valence-electron chi connectivity index (χ4n) is 6.83. The highest BCUT2D eigenvalue weighted by Gasteiger charge is 2.49. The molecule has 2 aromatic rings. The molecule has 5 heterocycles. The van der Waals surface area contributed by atoms with Gasteiger partial charge in [-0.3, -0.25) is 9.69 Å². The van der Waals surface area contributed by atoms with E-state index in [9.17, 15) is 9.59 Å². The minimum atomic E-state index is -0.673. The number of hydrogen-bond donors (Lipinski definition) is 1. The zero-order valence-electron chi connectivity index (χ0n) is 24.4. The van der Waals surface area contributed by atoms with Gasteiger partial charge in [0.1, 0.15) is 12.2 Å². The molecule has 0 radical (unpaired) electrons. The van der Waals surface area contributed by atoms with Crippen LogP contribution in [0.2, 0.25) is 0 Å². The summed E-state index contributed by atoms with van der Waals surface area (Å²) < 4.78 is 41.9. The third-order valence-corrected chi connectivity index (χ3v) is 8.71. The zero-order chi connectivity index (χ0) is 29.7. The number of esters is 1. The molecule has 1 N–H and O–H groups in total. The van der Waals surface area contributed by atoms with Crippen molar-refractivity contribution in [2.24, 2.45) is 0 Å². The number of benzene rings is 2. The van der Waals surface area contributed by atoms with Gasteiger partial charge in [-0.15, -0.1) is 0 Å². The molecule has 5 aliphatic heterocycles. The first-order chi connectivity index (χ1) is 21.0. The molecule has 43 heavy (non-hydrogen) atoms. The summed E-state index contributed by atoms with van der Waals surface area (Å²) in [6.07, 6.45) is 1.73. The Bertz CT molecular complexity index is 1490. The molecule has 2 aromatic carbocycles. The van der Waals surface area contributed by atoms with Gasteiger partial charge < -0.3 is 43.4 Å². The van der Waals surface area contributed by atoms with Crippen molar-refractivity contribution in [1.82, 2.24) is 15.1 Å². The van der Waals surface area contributed by atoms with E-state index in [4.69, 9.17) is 33.2 Å². The average Bonchev–Trinajstić information content (AvgIpc) is 3.63. The van der Waals surface area contributed by atoms with Crippen LogP contribution in [0, 0.1) is 0 Å². The summed E-state index contributed by atoms with van der Waals surface area (Å²) >= 11 is 0. The number of amides is 1. The molecule has 228 valence electrons. The Balaban J connectivity index is 1.34. The Morgan fingerprint density at radius 3 is 2.72 bits per heavy atom. The van der Waals surface area contributed by atoms with E-state index in [-0.39, 0.29) is 25.9 Å². The zero-order valence-corrected chi connectivity index (χ0v) is 24.4. The van der Waals surface area contributed by atoms with Crippen molar-refractivity contribution >= 4 is 11.9 Å². The second-order valence-corrected chi connectivity index (χ2v) is 11.0. The summed E-state index contributed by atoms with van der Waals surface area (Å²) in [7, 11) is 1.54. The number of carbonyl (C=O) groups excluding carboxylic acids is 2. The van der Waals surface area contributed by atoms with Gasteiger partial charge in [0.25, 0.3) is 0 Å². The number of morpholine rings is 1. The number of ether oxygens (including phenoxy) is 7. The second-order valence-electron chi connectivity index (χ2n) is 11.0. The third kappa shape index (κ3) is 4.51. The van der Waals surface area contributed by atoms with Crippen LogP contribution < -0.4 is 29.0 Å². The Morgan fingerprint density at radius 1 is 1.14 bits per heavy atom. The minimum absolute atomic E-state index is 0.0211. The molecule has 0 aliphatic carbocycles. The van der Waals surface area contributed by atoms with Gasteiger partial charge in [0, 0.05) is 48.4 Å². The summed E-state index contributed by atoms with van der Waals surface area (Å²) in [6, 6.07) is 1.45. The molecule has 0 saturated carbocycles. The Morgan fingerprint density at radius 2 is 1.95 bits per heavy atom. The molecule has 0 unspecified atom stereocenters. The van der Waals surface area contributed by atoms with Gasteiger partial charge in [-0.1, -0.05) is 6.58 Å². The van der Waals surface area contributed by atoms with Crippen molar-refractivity contribution in [3.8, 4) is 28.7 Å². The lowest BCUT2D eigenvalue weighted by molar-refractivity contribution is -0.123. The molecule has 1 saturated heterocycles. The smallest absolute Gasteiger partial charge is 0.343 e. The van der Waals surface area contributed by atoms with Crippen molar-refractivity contribution in [1.29, 1.82) is 0 Å². The van der Waals surface area contributed by atoms with E-state index < -0.39 is 18.1 Å². The van der Waals surface area contributed by atoms with Crippen molar-refractivity contribution in [3.05, 3.63) is 52.2 Å². The van der Waals surface area contributed by atoms with Crippen molar-refractivity contribution in [2.75, 3.05) is 59.9 Å². The van der Waals surface area contributed by atoms with Crippen molar-refractivity contribution in [2.45, 2.75) is 38.6 Å². The van der Waals surface area contributed by atoms with Crippen molar-refractivity contribution in [3.63, 3.8) is 0 Å². The molecular weight excluding hydrogens is 558 g/mol. The Hall–Kier alpha value is -4.16. The van der Waals surface area contributed by atoms with E-state index >= 15 is 0 Å². The van der Waals surface area contributed by atoms with Crippen LogP contribution in [0.5, 0.6) is 28.7 Å². The summed E-state index contributed by atoms with van der Waals surface area (Å²) in [5, 5.41) is 3.10. The van der Waals surface area contributed by atoms with Gasteiger partial charge in [0.2, 0.25) is 18.4 Å². The molecule has 1 fully saturated rings. The first-order valence-corrected chi connectivity index (χ1v) is 14.7. The second kappa shape index (κ2) is 11.2. The van der Waals surface area contributed by atoms with E-state index in [0.29, 0.717) is 79.2 Å². The van der Waals surface area contributed by atoms with Crippen molar-refractivity contribution < 1.29 is 42.7 Å². The highest BCUT2D eigenvalue weighted by atomic mass is 16.7. The summed E-state index contributed by atoms with van der Waals surface area (Å²) in [6.45, 7) is 10.3. The Kier molecular flexibility index (Phi) is 7.18. The van der Waals surface area contributed by atoms with Crippen LogP contribution in [0.25, 0.3) is 0 Å². The first kappa shape index (κ1) is 27.7. The summed E-state index contributed by atoms with van der Waals surface area (Å²) in [5.74, 6) is 1.79. The van der Waals surface area contributed by atoms with Crippen LogP contribution in [-0.4, -0.2) is 81.6 Å². The molecule has 7 rings (SSSR count). The maximum absolute atomic E-state index is 13.5. The van der Waals surface area contributed by atoms with E-state index in [1.54, 1.807) is 13.3 Å². The van der Waals surface area contributed by atoms with Gasteiger partial charge >= 0.3 is 5.97 Å². The molecular formula is C31H35N3O9. The van der Waals surface area contributed by atoms with Crippen LogP contribution in [0.3, 0.4) is 0 Å². The lowest BCUT2D eigenvalue weighted by Crippen LogP contribution is -2.43. The maximum atomic E-state index is 13.5. The topological polar surface area (TPSA) is 117 Å². The third-order valence-electron chi connectivity index (χ3n) is 8.71. The van der Waals surface area contributed by atoms with Crippen LogP contribution in [0.4, 0.5) is 0 Å². The van der Waals surface area contributed by atoms with Crippen LogP contribution in [0.15, 0.2) is 18.8 Å². The highest BCUT2D eigenvalue weighted by molar-refractivity contribution is 5.98. The maximum Gasteiger partial charge on any atom is 0.343 e. The standard InChI is InChI=1S/C31H35N3O9/c1-4-34-7-6-18-20(13-32-21(35)14-33-8-10-38-11-9-33)27-30(42-16-41-27)28-22(18)24(34)26-19-12-17(15-40-28)25(37-3)29(39-5-2)23(19)31(36)43-26/h4,12,24,26H,1,5-11,13-16H2,2-3H3,(H,32,35)/t24-,26+/m1/s1. The van der Waals surface area contributed by atoms with Crippen LogP contribution >= 0.6 is 0 Å². The van der Waals surface area contributed by atoms with Crippen LogP contribution in [-0.2, 0) is 33.8 Å². The number of methoxy groups -OCH3 is 1. The lowest BCUT2D eigenvalue weighted by atomic mass is 9.82. The fraction of sp³-hybridized carbons (Fsp3) is 0.484. The van der Waals surface area contributed by atoms with Gasteiger partial charge in [-0.2, -0.15) is 0 Å². The van der Waals surface area contributed by atoms with Crippen LogP contribution in [0.1, 0.15) is 57.2 Å². The monoisotopic (exact) mass is 593 g/mol. The van der Waals surface area contributed by atoms with Gasteiger partial charge in [-0.05, 0) is 31.2 Å². The van der Waals surface area contributed by atoms with Gasteiger partial charge in [0.05, 0.1) is 39.5 Å². The summed E-state index contributed by atoms with van der Waals surface area (Å²) in [5.41, 5.74) is 4.44. The number of hydrogen-bond acceptors (Lipinski definition) is 11. The molecule has 0 spiro atoms. The number of nitrogens with one attached hydrogen (secondary N) is 1. The molecule has 5 aliphatic rings. The lowest BCUT2D eigenvalue weighted by Gasteiger charge is -2.40. The van der Waals surface area contributed by atoms with E-state index in [1.807, 2.05) is 13.0 Å². The number of fused-ring (bicyclic) bond motifs is 4. The molecule has 2 bridgehead atoms. The van der Waals surface area contributed by atoms with E-state index in [2.05, 4.69) is 21.7 Å². The molecule has 0 aromatic heterocycles. The van der Waals surface area contributed by atoms with E-state index in [1.165, 1.54) is 0 Å². The predicted octanol–water partition coefficient (Wildman–Crippen LogP) is 2.62. The molecule has 1 amide bonds. The SMILES string of the molecule is C=CN1CCc2c(CNC(=O)CN3CCOCC3)c3c(c4c2[C@@H]1[C@H]1OC(=O)c2c1cc(c(OC)c2OCC)CO4)OCO3. The minimum Gasteiger partial charge on any atom is -0.492 e. The highest BCUT2D eigenvalue weighted by Crippen LogP contribution is 2.58. The largest absolute Gasteiger partial charge is 0.492 e. The summed E-state index contributed by atoms with van der Waals surface area (Å²) in [4.78, 5) is 30.6. The Labute approximate surface area is 249 Å². The van der Waals surface area contributed by atoms with Gasteiger partial charge in [-0.25, -0.2) is 4.79 Å². The average molecular weight is 594 g/mol. The molecule has 12 nitrogen and oxygen atoms in total. The quantitative estimate of drug-likeness (QED) is 0.455. The van der Waals surface area contributed by atoms with Gasteiger partial charge in [0.15, 0.2) is 29.1 Å². The first-order valence-electron chi connectivity index (χ1n) is 14.7. The number of carbonyl (C=O) groups is 2. The number of rotatable bonds is 8.